The van der Waals surface area contributed by atoms with E-state index in [0.717, 1.165) is 12.5 Å². The fourth-order valence-corrected chi connectivity index (χ4v) is 2.65. The van der Waals surface area contributed by atoms with Gasteiger partial charge in [0.25, 0.3) is 0 Å². The minimum Gasteiger partial charge on any atom is -0.312 e. The second-order valence-corrected chi connectivity index (χ2v) is 7.31. The van der Waals surface area contributed by atoms with Crippen LogP contribution in [0.3, 0.4) is 0 Å². The van der Waals surface area contributed by atoms with Gasteiger partial charge in [-0.2, -0.15) is 11.8 Å². The molecule has 108 valence electrons. The van der Waals surface area contributed by atoms with Crippen molar-refractivity contribution >= 4 is 11.8 Å². The van der Waals surface area contributed by atoms with Crippen molar-refractivity contribution in [1.29, 1.82) is 0 Å². The van der Waals surface area contributed by atoms with E-state index in [4.69, 9.17) is 0 Å². The minimum atomic E-state index is 0.217. The molecule has 1 rings (SSSR count). The molecule has 0 aliphatic carbocycles. The quantitative estimate of drug-likeness (QED) is 0.709. The molecule has 0 radical (unpaired) electrons. The van der Waals surface area contributed by atoms with Gasteiger partial charge in [-0.3, -0.25) is 0 Å². The van der Waals surface area contributed by atoms with Gasteiger partial charge >= 0.3 is 0 Å². The largest absolute Gasteiger partial charge is 0.312 e. The van der Waals surface area contributed by atoms with E-state index in [1.807, 2.05) is 11.8 Å². The van der Waals surface area contributed by atoms with E-state index >= 15 is 0 Å². The first-order chi connectivity index (χ1) is 9.01. The smallest absolute Gasteiger partial charge is 0.00966 e. The van der Waals surface area contributed by atoms with Crippen LogP contribution in [0.5, 0.6) is 0 Å². The van der Waals surface area contributed by atoms with Gasteiger partial charge in [0.05, 0.1) is 0 Å². The molecule has 1 N–H and O–H groups in total. The number of rotatable bonds is 8. The maximum atomic E-state index is 3.66. The lowest BCUT2D eigenvalue weighted by Gasteiger charge is -2.25. The highest BCUT2D eigenvalue weighted by atomic mass is 32.2. The monoisotopic (exact) mass is 279 g/mol. The van der Waals surface area contributed by atoms with Crippen LogP contribution < -0.4 is 5.32 Å². The predicted octanol–water partition coefficient (Wildman–Crippen LogP) is 4.38. The Balaban J connectivity index is 2.48. The van der Waals surface area contributed by atoms with Crippen LogP contribution in [-0.2, 0) is 6.42 Å². The molecule has 0 bridgehead atoms. The van der Waals surface area contributed by atoms with Gasteiger partial charge < -0.3 is 5.32 Å². The van der Waals surface area contributed by atoms with Crippen LogP contribution in [0.15, 0.2) is 30.3 Å². The molecule has 1 aromatic carbocycles. The summed E-state index contributed by atoms with van der Waals surface area (Å²) in [5.74, 6) is 2.02. The average Bonchev–Trinajstić information content (AvgIpc) is 2.36. The van der Waals surface area contributed by atoms with Crippen LogP contribution in [-0.4, -0.2) is 24.1 Å². The number of nitrogens with one attached hydrogen (secondary N) is 1. The van der Waals surface area contributed by atoms with Crippen LogP contribution in [0.2, 0.25) is 0 Å². The lowest BCUT2D eigenvalue weighted by Crippen LogP contribution is -2.39. The van der Waals surface area contributed by atoms with Gasteiger partial charge in [0.2, 0.25) is 0 Å². The van der Waals surface area contributed by atoms with Crippen molar-refractivity contribution in [1.82, 2.24) is 5.32 Å². The summed E-state index contributed by atoms with van der Waals surface area (Å²) in [5, 5.41) is 3.66. The van der Waals surface area contributed by atoms with Crippen molar-refractivity contribution in [3.05, 3.63) is 35.9 Å². The van der Waals surface area contributed by atoms with Crippen molar-refractivity contribution in [3.63, 3.8) is 0 Å². The maximum absolute atomic E-state index is 3.66. The average molecular weight is 279 g/mol. The molecule has 0 fully saturated rings. The zero-order valence-corrected chi connectivity index (χ0v) is 13.7. The molecule has 0 aliphatic heterocycles. The highest BCUT2D eigenvalue weighted by molar-refractivity contribution is 7.98. The van der Waals surface area contributed by atoms with E-state index < -0.39 is 0 Å². The van der Waals surface area contributed by atoms with E-state index in [1.165, 1.54) is 30.6 Å². The van der Waals surface area contributed by atoms with Gasteiger partial charge in [0.15, 0.2) is 0 Å². The van der Waals surface area contributed by atoms with Gasteiger partial charge in [0, 0.05) is 5.54 Å². The predicted molar refractivity (Wildman–Crippen MR) is 89.0 cm³/mol. The number of hydrogen-bond acceptors (Lipinski definition) is 2. The molecule has 1 aromatic rings. The molecular formula is C17H29NS. The lowest BCUT2D eigenvalue weighted by atomic mass is 9.94. The Kier molecular flexibility index (Phi) is 7.55. The van der Waals surface area contributed by atoms with Crippen LogP contribution in [0.4, 0.5) is 0 Å². The molecule has 2 heteroatoms. The summed E-state index contributed by atoms with van der Waals surface area (Å²) in [6.45, 7) is 7.85. The summed E-state index contributed by atoms with van der Waals surface area (Å²) < 4.78 is 0. The van der Waals surface area contributed by atoms with Crippen molar-refractivity contribution < 1.29 is 0 Å². The van der Waals surface area contributed by atoms with Crippen molar-refractivity contribution in [2.24, 2.45) is 5.92 Å². The Morgan fingerprint density at radius 2 is 1.84 bits per heavy atom. The van der Waals surface area contributed by atoms with E-state index in [1.54, 1.807) is 0 Å². The Morgan fingerprint density at radius 1 is 1.16 bits per heavy atom. The summed E-state index contributed by atoms with van der Waals surface area (Å²) in [7, 11) is 0. The third kappa shape index (κ3) is 8.33. The molecule has 1 atom stereocenters. The Hall–Kier alpha value is -0.470. The zero-order chi connectivity index (χ0) is 14.1. The van der Waals surface area contributed by atoms with Crippen LogP contribution in [0, 0.1) is 5.92 Å². The highest BCUT2D eigenvalue weighted by Gasteiger charge is 2.14. The molecule has 0 saturated heterocycles. The topological polar surface area (TPSA) is 12.0 Å². The molecule has 0 aliphatic rings. The number of benzene rings is 1. The van der Waals surface area contributed by atoms with Crippen molar-refractivity contribution in [2.75, 3.05) is 18.6 Å². The van der Waals surface area contributed by atoms with E-state index in [2.05, 4.69) is 62.7 Å². The first-order valence-electron chi connectivity index (χ1n) is 7.29. The van der Waals surface area contributed by atoms with E-state index in [-0.39, 0.29) is 5.54 Å². The highest BCUT2D eigenvalue weighted by Crippen LogP contribution is 2.16. The summed E-state index contributed by atoms with van der Waals surface area (Å²) in [4.78, 5) is 0. The van der Waals surface area contributed by atoms with Crippen LogP contribution in [0.25, 0.3) is 0 Å². The molecule has 0 amide bonds. The molecule has 1 nitrogen and oxygen atoms in total. The van der Waals surface area contributed by atoms with Gasteiger partial charge in [-0.25, -0.2) is 0 Å². The molecular weight excluding hydrogens is 250 g/mol. The van der Waals surface area contributed by atoms with Crippen LogP contribution >= 0.6 is 11.8 Å². The number of thioether (sulfide) groups is 1. The molecule has 19 heavy (non-hydrogen) atoms. The SMILES string of the molecule is CSCCCC(CNC(C)(C)C)Cc1ccccc1. The molecule has 0 aromatic heterocycles. The maximum Gasteiger partial charge on any atom is 0.00966 e. The fraction of sp³-hybridized carbons (Fsp3) is 0.647. The second-order valence-electron chi connectivity index (χ2n) is 6.32. The Bertz CT molecular complexity index is 329. The van der Waals surface area contributed by atoms with E-state index in [9.17, 15) is 0 Å². The standard InChI is InChI=1S/C17H29NS/c1-17(2,3)18-14-16(11-8-12-19-4)13-15-9-6-5-7-10-15/h5-7,9-10,16,18H,8,11-14H2,1-4H3. The summed E-state index contributed by atoms with van der Waals surface area (Å²) in [6, 6.07) is 10.9. The van der Waals surface area contributed by atoms with Crippen LogP contribution in [0.1, 0.15) is 39.2 Å². The first-order valence-corrected chi connectivity index (χ1v) is 8.68. The fourth-order valence-electron chi connectivity index (χ4n) is 2.19. The summed E-state index contributed by atoms with van der Waals surface area (Å²) >= 11 is 1.95. The molecule has 0 spiro atoms. The third-order valence-electron chi connectivity index (χ3n) is 3.25. The first kappa shape index (κ1) is 16.6. The van der Waals surface area contributed by atoms with Gasteiger partial charge in [-0.1, -0.05) is 30.3 Å². The van der Waals surface area contributed by atoms with Gasteiger partial charge in [-0.05, 0) is 70.1 Å². The molecule has 0 saturated carbocycles. The minimum absolute atomic E-state index is 0.217. The summed E-state index contributed by atoms with van der Waals surface area (Å²) in [5.41, 5.74) is 1.68. The summed E-state index contributed by atoms with van der Waals surface area (Å²) in [6.07, 6.45) is 6.03. The van der Waals surface area contributed by atoms with E-state index in [0.29, 0.717) is 0 Å². The molecule has 1 unspecified atom stereocenters. The Morgan fingerprint density at radius 3 is 2.42 bits per heavy atom. The van der Waals surface area contributed by atoms with Crippen molar-refractivity contribution in [3.8, 4) is 0 Å². The van der Waals surface area contributed by atoms with Gasteiger partial charge in [0.1, 0.15) is 0 Å². The number of hydrogen-bond donors (Lipinski definition) is 1. The lowest BCUT2D eigenvalue weighted by molar-refractivity contribution is 0.355. The second kappa shape index (κ2) is 8.65. The van der Waals surface area contributed by atoms with Crippen molar-refractivity contribution in [2.45, 2.75) is 45.6 Å². The zero-order valence-electron chi connectivity index (χ0n) is 12.9. The molecule has 0 heterocycles. The van der Waals surface area contributed by atoms with Gasteiger partial charge in [-0.15, -0.1) is 0 Å². The Labute approximate surface area is 123 Å². The third-order valence-corrected chi connectivity index (χ3v) is 3.95. The normalized spacial score (nSPS) is 13.5.